The first-order chi connectivity index (χ1) is 15.9. The summed E-state index contributed by atoms with van der Waals surface area (Å²) in [6.07, 6.45) is 1.03. The Morgan fingerprint density at radius 2 is 1.76 bits per heavy atom. The van der Waals surface area contributed by atoms with E-state index in [0.717, 1.165) is 16.1 Å². The van der Waals surface area contributed by atoms with Crippen molar-refractivity contribution in [3.05, 3.63) is 47.5 Å². The number of carbonyl (C=O) groups is 1. The van der Waals surface area contributed by atoms with Gasteiger partial charge < -0.3 is 14.8 Å². The Hall–Kier alpha value is -2.67. The topological polar surface area (TPSA) is 122 Å². The quantitative estimate of drug-likeness (QED) is 0.573. The molecule has 0 radical (unpaired) electrons. The molecule has 1 fully saturated rings. The molecule has 10 nitrogen and oxygen atoms in total. The van der Waals surface area contributed by atoms with Crippen LogP contribution < -0.4 is 14.4 Å². The zero-order valence-electron chi connectivity index (χ0n) is 19.6. The Bertz CT molecular complexity index is 1270. The van der Waals surface area contributed by atoms with Gasteiger partial charge in [-0.3, -0.25) is 9.10 Å². The number of ether oxygens (including phenoxy) is 2. The molecule has 0 aromatic heterocycles. The first kappa shape index (κ1) is 25.9. The van der Waals surface area contributed by atoms with E-state index in [1.54, 1.807) is 19.1 Å². The summed E-state index contributed by atoms with van der Waals surface area (Å²) in [4.78, 5) is 12.9. The predicted molar refractivity (Wildman–Crippen MR) is 129 cm³/mol. The van der Waals surface area contributed by atoms with Gasteiger partial charge in [-0.25, -0.2) is 16.8 Å². The van der Waals surface area contributed by atoms with E-state index >= 15 is 0 Å². The van der Waals surface area contributed by atoms with E-state index in [0.29, 0.717) is 24.5 Å². The molecule has 0 saturated carbocycles. The second kappa shape index (κ2) is 10.3. The number of hydrogen-bond acceptors (Lipinski definition) is 7. The number of sulfonamides is 2. The van der Waals surface area contributed by atoms with Crippen LogP contribution in [0.2, 0.25) is 0 Å². The van der Waals surface area contributed by atoms with Crippen LogP contribution >= 0.6 is 0 Å². The van der Waals surface area contributed by atoms with Gasteiger partial charge in [0.2, 0.25) is 26.0 Å². The summed E-state index contributed by atoms with van der Waals surface area (Å²) in [5.41, 5.74) is 2.06. The number of carbonyl (C=O) groups excluding carboxylic acids is 1. The first-order valence-corrected chi connectivity index (χ1v) is 13.8. The van der Waals surface area contributed by atoms with Crippen LogP contribution in [0.1, 0.15) is 11.1 Å². The van der Waals surface area contributed by atoms with Gasteiger partial charge in [-0.2, -0.15) is 4.31 Å². The van der Waals surface area contributed by atoms with Gasteiger partial charge in [0, 0.05) is 13.1 Å². The van der Waals surface area contributed by atoms with Crippen molar-refractivity contribution in [3.63, 3.8) is 0 Å². The van der Waals surface area contributed by atoms with Gasteiger partial charge >= 0.3 is 0 Å². The maximum atomic E-state index is 13.0. The van der Waals surface area contributed by atoms with Crippen LogP contribution in [0.15, 0.2) is 41.3 Å². The van der Waals surface area contributed by atoms with Crippen LogP contribution in [0.4, 0.5) is 11.4 Å². The molecule has 0 unspecified atom stereocenters. The summed E-state index contributed by atoms with van der Waals surface area (Å²) in [5.74, 6) is -0.405. The van der Waals surface area contributed by atoms with E-state index in [4.69, 9.17) is 9.47 Å². The smallest absolute Gasteiger partial charge is 0.245 e. The number of methoxy groups -OCH3 is 1. The summed E-state index contributed by atoms with van der Waals surface area (Å²) >= 11 is 0. The summed E-state index contributed by atoms with van der Waals surface area (Å²) in [6.45, 7) is 4.16. The highest BCUT2D eigenvalue weighted by atomic mass is 32.2. The van der Waals surface area contributed by atoms with Gasteiger partial charge in [0.15, 0.2) is 0 Å². The molecule has 1 heterocycles. The van der Waals surface area contributed by atoms with Crippen LogP contribution in [0.25, 0.3) is 0 Å². The van der Waals surface area contributed by atoms with Crippen molar-refractivity contribution < 1.29 is 31.1 Å². The minimum Gasteiger partial charge on any atom is -0.495 e. The van der Waals surface area contributed by atoms with Crippen LogP contribution in [-0.4, -0.2) is 73.3 Å². The molecule has 0 aliphatic carbocycles. The Balaban J connectivity index is 1.89. The molecule has 0 spiro atoms. The molecule has 1 aliphatic rings. The number of rotatable bonds is 8. The molecule has 1 saturated heterocycles. The number of amides is 1. The lowest BCUT2D eigenvalue weighted by Crippen LogP contribution is -2.40. The lowest BCUT2D eigenvalue weighted by atomic mass is 10.1. The molecule has 2 aromatic rings. The minimum atomic E-state index is -3.80. The fraction of sp³-hybridized carbons (Fsp3) is 0.409. The largest absolute Gasteiger partial charge is 0.495 e. The fourth-order valence-corrected chi connectivity index (χ4v) is 5.91. The molecule has 186 valence electrons. The number of hydrogen-bond donors (Lipinski definition) is 1. The highest BCUT2D eigenvalue weighted by Crippen LogP contribution is 2.30. The molecular formula is C22H29N3O7S2. The zero-order chi connectivity index (χ0) is 25.1. The highest BCUT2D eigenvalue weighted by Gasteiger charge is 2.28. The van der Waals surface area contributed by atoms with Gasteiger partial charge in [-0.05, 0) is 49.2 Å². The molecule has 1 N–H and O–H groups in total. The predicted octanol–water partition coefficient (Wildman–Crippen LogP) is 1.74. The average Bonchev–Trinajstić information content (AvgIpc) is 2.79. The van der Waals surface area contributed by atoms with Crippen molar-refractivity contribution in [2.24, 2.45) is 0 Å². The SMILES string of the molecule is COc1ccc(S(=O)(=O)N2CCOCC2)cc1NC(=O)CN(c1cc(C)ccc1C)S(C)(=O)=O. The van der Waals surface area contributed by atoms with Crippen LogP contribution in [0, 0.1) is 13.8 Å². The van der Waals surface area contributed by atoms with Gasteiger partial charge in [0.05, 0.1) is 42.8 Å². The van der Waals surface area contributed by atoms with Crippen LogP contribution in [-0.2, 0) is 29.6 Å². The summed E-state index contributed by atoms with van der Waals surface area (Å²) in [7, 11) is -6.20. The van der Waals surface area contributed by atoms with Crippen molar-refractivity contribution >= 4 is 37.3 Å². The second-order valence-electron chi connectivity index (χ2n) is 7.99. The van der Waals surface area contributed by atoms with Crippen molar-refractivity contribution in [2.45, 2.75) is 18.7 Å². The maximum absolute atomic E-state index is 13.0. The third kappa shape index (κ3) is 5.87. The standard InChI is InChI=1S/C22H29N3O7S2/c1-16-5-6-17(2)20(13-16)25(33(4,27)28)15-22(26)23-19-14-18(7-8-21(19)31-3)34(29,30)24-9-11-32-12-10-24/h5-8,13-14H,9-12,15H2,1-4H3,(H,23,26). The molecule has 1 aliphatic heterocycles. The van der Waals surface area contributed by atoms with E-state index in [1.165, 1.54) is 29.6 Å². The number of aryl methyl sites for hydroxylation is 2. The number of nitrogens with one attached hydrogen (secondary N) is 1. The molecule has 2 aromatic carbocycles. The van der Waals surface area contributed by atoms with E-state index in [9.17, 15) is 21.6 Å². The monoisotopic (exact) mass is 511 g/mol. The first-order valence-electron chi connectivity index (χ1n) is 10.5. The average molecular weight is 512 g/mol. The Morgan fingerprint density at radius 3 is 2.38 bits per heavy atom. The molecular weight excluding hydrogens is 482 g/mol. The van der Waals surface area contributed by atoms with E-state index in [2.05, 4.69) is 5.32 Å². The van der Waals surface area contributed by atoms with Crippen LogP contribution in [0.3, 0.4) is 0 Å². The summed E-state index contributed by atoms with van der Waals surface area (Å²) in [6, 6.07) is 9.48. The van der Waals surface area contributed by atoms with Crippen LogP contribution in [0.5, 0.6) is 5.75 Å². The third-order valence-electron chi connectivity index (χ3n) is 5.37. The lowest BCUT2D eigenvalue weighted by molar-refractivity contribution is -0.114. The number of benzene rings is 2. The number of anilines is 2. The maximum Gasteiger partial charge on any atom is 0.245 e. The van der Waals surface area contributed by atoms with E-state index < -0.39 is 32.5 Å². The van der Waals surface area contributed by atoms with Crippen molar-refractivity contribution in [2.75, 3.05) is 55.8 Å². The van der Waals surface area contributed by atoms with Crippen molar-refractivity contribution in [1.82, 2.24) is 4.31 Å². The highest BCUT2D eigenvalue weighted by molar-refractivity contribution is 7.92. The van der Waals surface area contributed by atoms with Gasteiger partial charge in [-0.15, -0.1) is 0 Å². The summed E-state index contributed by atoms with van der Waals surface area (Å²) < 4.78 is 63.9. The van der Waals surface area contributed by atoms with Gasteiger partial charge in [0.25, 0.3) is 0 Å². The van der Waals surface area contributed by atoms with Gasteiger partial charge in [0.1, 0.15) is 12.3 Å². The number of morpholine rings is 1. The van der Waals surface area contributed by atoms with Gasteiger partial charge in [-0.1, -0.05) is 12.1 Å². The van der Waals surface area contributed by atoms with E-state index in [-0.39, 0.29) is 29.4 Å². The number of nitrogens with zero attached hydrogens (tertiary/aromatic N) is 2. The second-order valence-corrected chi connectivity index (χ2v) is 11.8. The zero-order valence-corrected chi connectivity index (χ0v) is 21.2. The Kier molecular flexibility index (Phi) is 7.86. The molecule has 34 heavy (non-hydrogen) atoms. The summed E-state index contributed by atoms with van der Waals surface area (Å²) in [5, 5.41) is 2.61. The van der Waals surface area contributed by atoms with Crippen molar-refractivity contribution in [1.29, 1.82) is 0 Å². The Labute approximate surface area is 200 Å². The molecule has 0 bridgehead atoms. The van der Waals surface area contributed by atoms with Crippen molar-refractivity contribution in [3.8, 4) is 5.75 Å². The molecule has 3 rings (SSSR count). The Morgan fingerprint density at radius 1 is 1.09 bits per heavy atom. The minimum absolute atomic E-state index is 0.0139. The normalized spacial score (nSPS) is 15.1. The fourth-order valence-electron chi connectivity index (χ4n) is 3.57. The lowest BCUT2D eigenvalue weighted by Gasteiger charge is -2.26. The third-order valence-corrected chi connectivity index (χ3v) is 8.39. The van der Waals surface area contributed by atoms with E-state index in [1.807, 2.05) is 13.0 Å². The molecule has 1 amide bonds. The molecule has 0 atom stereocenters. The molecule has 12 heteroatoms.